The van der Waals surface area contributed by atoms with E-state index in [4.69, 9.17) is 14.2 Å². The van der Waals surface area contributed by atoms with Crippen molar-refractivity contribution in [3.63, 3.8) is 0 Å². The summed E-state index contributed by atoms with van der Waals surface area (Å²) in [4.78, 5) is 42.7. The molecule has 0 saturated carbocycles. The van der Waals surface area contributed by atoms with Crippen molar-refractivity contribution in [1.29, 1.82) is 0 Å². The molecule has 6 rings (SSSR count). The molecule has 14 nitrogen and oxygen atoms in total. The van der Waals surface area contributed by atoms with Crippen molar-refractivity contribution in [3.05, 3.63) is 95.3 Å². The number of nitrogens with zero attached hydrogens (tertiary/aromatic N) is 7. The van der Waals surface area contributed by atoms with Gasteiger partial charge in [-0.1, -0.05) is 60.7 Å². The summed E-state index contributed by atoms with van der Waals surface area (Å²) in [6.45, 7) is 14.1. The number of benzene rings is 2. The highest BCUT2D eigenvalue weighted by molar-refractivity contribution is 5.83. The SMILES string of the molecule is COC(=O)[C@@H]1CN(c2cc(C)nn2Cc2ccccc2)CCN1.COC(=O)[C@@H]1CN(c2cc(C)nn2Cc2ccccc2)CCN1C(=O)OC(C)(C)C. The second-order valence-corrected chi connectivity index (χ2v) is 14.2. The first-order valence-corrected chi connectivity index (χ1v) is 17.9. The van der Waals surface area contributed by atoms with E-state index in [0.29, 0.717) is 32.7 Å². The topological polar surface area (TPSA) is 136 Å². The van der Waals surface area contributed by atoms with Crippen LogP contribution in [0.1, 0.15) is 43.3 Å². The molecular formula is C39H52N8O6. The fourth-order valence-corrected chi connectivity index (χ4v) is 6.44. The number of aromatic nitrogens is 4. The van der Waals surface area contributed by atoms with Crippen LogP contribution in [0, 0.1) is 13.8 Å². The van der Waals surface area contributed by atoms with Gasteiger partial charge in [0.1, 0.15) is 23.3 Å². The lowest BCUT2D eigenvalue weighted by molar-refractivity contribution is -0.147. The summed E-state index contributed by atoms with van der Waals surface area (Å²) in [5.74, 6) is 1.27. The lowest BCUT2D eigenvalue weighted by Gasteiger charge is -2.41. The van der Waals surface area contributed by atoms with Crippen LogP contribution in [0.5, 0.6) is 0 Å². The Morgan fingerprint density at radius 2 is 1.25 bits per heavy atom. The van der Waals surface area contributed by atoms with E-state index >= 15 is 0 Å². The van der Waals surface area contributed by atoms with Crippen LogP contribution in [0.2, 0.25) is 0 Å². The fraction of sp³-hybridized carbons (Fsp3) is 0.462. The summed E-state index contributed by atoms with van der Waals surface area (Å²) < 4.78 is 19.3. The van der Waals surface area contributed by atoms with E-state index in [0.717, 1.165) is 48.2 Å². The number of hydrogen-bond acceptors (Lipinski definition) is 11. The van der Waals surface area contributed by atoms with Crippen LogP contribution >= 0.6 is 0 Å². The Hall–Kier alpha value is -5.37. The van der Waals surface area contributed by atoms with Crippen molar-refractivity contribution < 1.29 is 28.6 Å². The van der Waals surface area contributed by atoms with Crippen LogP contribution in [-0.4, -0.2) is 114 Å². The van der Waals surface area contributed by atoms with Crippen LogP contribution in [-0.2, 0) is 36.9 Å². The average Bonchev–Trinajstić information content (AvgIpc) is 3.71. The zero-order valence-corrected chi connectivity index (χ0v) is 31.8. The van der Waals surface area contributed by atoms with Gasteiger partial charge >= 0.3 is 18.0 Å². The van der Waals surface area contributed by atoms with Crippen LogP contribution in [0.3, 0.4) is 0 Å². The maximum absolute atomic E-state index is 12.7. The average molecular weight is 729 g/mol. The molecule has 4 aromatic rings. The molecule has 2 aliphatic rings. The zero-order valence-electron chi connectivity index (χ0n) is 31.8. The van der Waals surface area contributed by atoms with Crippen LogP contribution < -0.4 is 15.1 Å². The van der Waals surface area contributed by atoms with Gasteiger partial charge < -0.3 is 29.3 Å². The molecule has 284 valence electrons. The number of aryl methyl sites for hydroxylation is 2. The van der Waals surface area contributed by atoms with Crippen molar-refractivity contribution in [1.82, 2.24) is 29.8 Å². The van der Waals surface area contributed by atoms with E-state index in [1.165, 1.54) is 24.7 Å². The second-order valence-electron chi connectivity index (χ2n) is 14.2. The summed E-state index contributed by atoms with van der Waals surface area (Å²) in [6.07, 6.45) is -0.508. The van der Waals surface area contributed by atoms with Gasteiger partial charge in [-0.15, -0.1) is 0 Å². The quantitative estimate of drug-likeness (QED) is 0.208. The Balaban J connectivity index is 0.000000211. The van der Waals surface area contributed by atoms with Crippen molar-refractivity contribution in [2.75, 3.05) is 63.3 Å². The molecule has 2 fully saturated rings. The van der Waals surface area contributed by atoms with Gasteiger partial charge in [-0.05, 0) is 45.7 Å². The van der Waals surface area contributed by atoms with Crippen molar-refractivity contribution >= 4 is 29.7 Å². The Morgan fingerprint density at radius 1 is 0.736 bits per heavy atom. The number of ether oxygens (including phenoxy) is 3. The van der Waals surface area contributed by atoms with E-state index in [2.05, 4.69) is 55.6 Å². The van der Waals surface area contributed by atoms with Gasteiger partial charge in [0, 0.05) is 44.9 Å². The summed E-state index contributed by atoms with van der Waals surface area (Å²) >= 11 is 0. The minimum absolute atomic E-state index is 0.222. The van der Waals surface area contributed by atoms with Gasteiger partial charge in [0.15, 0.2) is 6.04 Å². The third kappa shape index (κ3) is 10.4. The number of piperazine rings is 2. The van der Waals surface area contributed by atoms with E-state index < -0.39 is 23.7 Å². The molecular weight excluding hydrogens is 676 g/mol. The molecule has 2 aromatic heterocycles. The zero-order chi connectivity index (χ0) is 38.1. The summed E-state index contributed by atoms with van der Waals surface area (Å²) in [7, 11) is 2.76. The molecule has 1 N–H and O–H groups in total. The maximum atomic E-state index is 12.7. The standard InChI is InChI=1S/C22H30N4O4.C17H22N4O2/c1-16-13-19(26(23-16)14-17-9-7-6-8-10-17)24-11-12-25(18(15-24)20(27)29-5)21(28)30-22(2,3)4;1-13-10-16(20-9-8-18-15(12-20)17(22)23-2)21(19-13)11-14-6-4-3-5-7-14/h6-10,13,18H,11-12,14-15H2,1-5H3;3-7,10,15,18H,8-9,11-12H2,1-2H3/t18-;15-/m00/s1. The van der Waals surface area contributed by atoms with E-state index in [-0.39, 0.29) is 12.0 Å². The fourth-order valence-electron chi connectivity index (χ4n) is 6.44. The predicted molar refractivity (Wildman–Crippen MR) is 202 cm³/mol. The first-order chi connectivity index (χ1) is 25.3. The van der Waals surface area contributed by atoms with Gasteiger partial charge in [0.2, 0.25) is 0 Å². The molecule has 2 atom stereocenters. The molecule has 2 saturated heterocycles. The molecule has 4 heterocycles. The normalized spacial score (nSPS) is 17.5. The summed E-state index contributed by atoms with van der Waals surface area (Å²) in [5.41, 5.74) is 3.57. The van der Waals surface area contributed by atoms with E-state index in [9.17, 15) is 14.4 Å². The number of nitrogens with one attached hydrogen (secondary N) is 1. The third-order valence-electron chi connectivity index (χ3n) is 8.90. The minimum Gasteiger partial charge on any atom is -0.468 e. The number of anilines is 2. The largest absolute Gasteiger partial charge is 0.468 e. The van der Waals surface area contributed by atoms with Gasteiger partial charge in [0.25, 0.3) is 0 Å². The molecule has 53 heavy (non-hydrogen) atoms. The molecule has 2 aliphatic heterocycles. The molecule has 0 radical (unpaired) electrons. The number of hydrogen-bond donors (Lipinski definition) is 1. The molecule has 0 unspecified atom stereocenters. The highest BCUT2D eigenvalue weighted by atomic mass is 16.6. The van der Waals surface area contributed by atoms with E-state index in [1.54, 1.807) is 20.8 Å². The van der Waals surface area contributed by atoms with Crippen LogP contribution in [0.25, 0.3) is 0 Å². The van der Waals surface area contributed by atoms with Gasteiger partial charge in [-0.3, -0.25) is 9.69 Å². The third-order valence-corrected chi connectivity index (χ3v) is 8.90. The van der Waals surface area contributed by atoms with Gasteiger partial charge in [-0.2, -0.15) is 10.2 Å². The Bertz CT molecular complexity index is 1820. The van der Waals surface area contributed by atoms with Crippen LogP contribution in [0.15, 0.2) is 72.8 Å². The minimum atomic E-state index is -0.751. The summed E-state index contributed by atoms with van der Waals surface area (Å²) in [6, 6.07) is 23.4. The highest BCUT2D eigenvalue weighted by Crippen LogP contribution is 2.24. The maximum Gasteiger partial charge on any atom is 0.411 e. The van der Waals surface area contributed by atoms with Gasteiger partial charge in [-0.25, -0.2) is 19.0 Å². The second kappa shape index (κ2) is 17.4. The number of rotatable bonds is 8. The number of esters is 2. The van der Waals surface area contributed by atoms with Crippen LogP contribution in [0.4, 0.5) is 16.4 Å². The number of amides is 1. The predicted octanol–water partition coefficient (Wildman–Crippen LogP) is 4.03. The highest BCUT2D eigenvalue weighted by Gasteiger charge is 2.39. The molecule has 0 bridgehead atoms. The Morgan fingerprint density at radius 3 is 1.74 bits per heavy atom. The monoisotopic (exact) mass is 728 g/mol. The lowest BCUT2D eigenvalue weighted by Crippen LogP contribution is -2.59. The first kappa shape index (κ1) is 38.9. The number of carbonyl (C=O) groups is 3. The number of methoxy groups -OCH3 is 2. The Labute approximate surface area is 311 Å². The van der Waals surface area contributed by atoms with Crippen molar-refractivity contribution in [2.24, 2.45) is 0 Å². The van der Waals surface area contributed by atoms with Crippen molar-refractivity contribution in [2.45, 2.75) is 65.4 Å². The number of carbonyl (C=O) groups excluding carboxylic acids is 3. The van der Waals surface area contributed by atoms with Gasteiger partial charge in [0.05, 0.1) is 45.2 Å². The molecule has 1 amide bonds. The Kier molecular flexibility index (Phi) is 12.8. The summed E-state index contributed by atoms with van der Waals surface area (Å²) in [5, 5.41) is 12.4. The lowest BCUT2D eigenvalue weighted by atomic mass is 10.1. The van der Waals surface area contributed by atoms with E-state index in [1.807, 2.05) is 65.7 Å². The molecule has 2 aromatic carbocycles. The first-order valence-electron chi connectivity index (χ1n) is 17.9. The molecule has 0 aliphatic carbocycles. The molecule has 0 spiro atoms. The van der Waals surface area contributed by atoms with Crippen molar-refractivity contribution in [3.8, 4) is 0 Å². The smallest absolute Gasteiger partial charge is 0.411 e. The molecule has 14 heteroatoms.